The van der Waals surface area contributed by atoms with Crippen LogP contribution < -0.4 is 10.6 Å². The predicted molar refractivity (Wildman–Crippen MR) is 64.9 cm³/mol. The maximum atomic E-state index is 11.3. The Hall–Kier alpha value is -0.390. The Bertz CT molecular complexity index is 349. The summed E-state index contributed by atoms with van der Waals surface area (Å²) in [5, 5.41) is 8.11. The summed E-state index contributed by atoms with van der Waals surface area (Å²) in [4.78, 5) is 12.5. The first-order chi connectivity index (χ1) is 7.24. The van der Waals surface area contributed by atoms with Gasteiger partial charge in [0.15, 0.2) is 0 Å². The molecule has 1 aliphatic carbocycles. The van der Waals surface area contributed by atoms with Gasteiger partial charge in [0.05, 0.1) is 6.54 Å². The number of amides is 1. The quantitative estimate of drug-likeness (QED) is 0.869. The third kappa shape index (κ3) is 3.93. The van der Waals surface area contributed by atoms with Gasteiger partial charge in [-0.15, -0.1) is 11.3 Å². The lowest BCUT2D eigenvalue weighted by atomic mass is 10.4. The first-order valence-electron chi connectivity index (χ1n) is 4.97. The molecule has 15 heavy (non-hydrogen) atoms. The van der Waals surface area contributed by atoms with Gasteiger partial charge in [-0.25, -0.2) is 0 Å². The summed E-state index contributed by atoms with van der Waals surface area (Å²) in [6, 6.07) is 2.52. The molecule has 0 bridgehead atoms. The van der Waals surface area contributed by atoms with E-state index >= 15 is 0 Å². The lowest BCUT2D eigenvalue weighted by Crippen LogP contribution is -2.34. The maximum absolute atomic E-state index is 11.3. The minimum atomic E-state index is 0.105. The van der Waals surface area contributed by atoms with Crippen molar-refractivity contribution >= 4 is 33.2 Å². The minimum Gasteiger partial charge on any atom is -0.352 e. The second kappa shape index (κ2) is 5.09. The summed E-state index contributed by atoms with van der Waals surface area (Å²) in [6.07, 6.45) is 2.28. The highest BCUT2D eigenvalue weighted by molar-refractivity contribution is 9.10. The molecule has 0 aromatic carbocycles. The van der Waals surface area contributed by atoms with Gasteiger partial charge >= 0.3 is 0 Å². The molecule has 0 radical (unpaired) electrons. The Morgan fingerprint density at radius 2 is 2.40 bits per heavy atom. The Morgan fingerprint density at radius 3 is 3.00 bits per heavy atom. The van der Waals surface area contributed by atoms with Gasteiger partial charge in [0.1, 0.15) is 0 Å². The second-order valence-electron chi connectivity index (χ2n) is 3.68. The summed E-state index contributed by atoms with van der Waals surface area (Å²) < 4.78 is 1.10. The minimum absolute atomic E-state index is 0.105. The summed E-state index contributed by atoms with van der Waals surface area (Å²) in [5.74, 6) is 0.105. The standard InChI is InChI=1S/C10H13BrN2OS/c11-7-3-9(15-6-7)4-12-5-10(14)13-8-1-2-8/h3,6,8,12H,1-2,4-5H2,(H,13,14). The van der Waals surface area contributed by atoms with Gasteiger partial charge in [-0.2, -0.15) is 0 Å². The number of halogens is 1. The topological polar surface area (TPSA) is 41.1 Å². The number of hydrogen-bond acceptors (Lipinski definition) is 3. The summed E-state index contributed by atoms with van der Waals surface area (Å²) in [7, 11) is 0. The SMILES string of the molecule is O=C(CNCc1cc(Br)cs1)NC1CC1. The molecule has 0 aliphatic heterocycles. The monoisotopic (exact) mass is 288 g/mol. The molecule has 1 amide bonds. The van der Waals surface area contributed by atoms with Crippen molar-refractivity contribution in [3.63, 3.8) is 0 Å². The molecule has 2 rings (SSSR count). The zero-order chi connectivity index (χ0) is 10.7. The van der Waals surface area contributed by atoms with Gasteiger partial charge in [-0.1, -0.05) is 0 Å². The lowest BCUT2D eigenvalue weighted by Gasteiger charge is -2.03. The summed E-state index contributed by atoms with van der Waals surface area (Å²) in [6.45, 7) is 1.17. The van der Waals surface area contributed by atoms with E-state index in [2.05, 4.69) is 32.6 Å². The van der Waals surface area contributed by atoms with E-state index < -0.39 is 0 Å². The Kier molecular flexibility index (Phi) is 3.77. The molecule has 1 heterocycles. The van der Waals surface area contributed by atoms with Crippen LogP contribution in [0.1, 0.15) is 17.7 Å². The van der Waals surface area contributed by atoms with Crippen LogP contribution in [0.3, 0.4) is 0 Å². The lowest BCUT2D eigenvalue weighted by molar-refractivity contribution is -0.120. The van der Waals surface area contributed by atoms with E-state index in [0.29, 0.717) is 12.6 Å². The average molecular weight is 289 g/mol. The van der Waals surface area contributed by atoms with Crippen molar-refractivity contribution in [1.82, 2.24) is 10.6 Å². The highest BCUT2D eigenvalue weighted by Gasteiger charge is 2.22. The Balaban J connectivity index is 1.63. The molecular weight excluding hydrogens is 276 g/mol. The molecule has 0 atom stereocenters. The van der Waals surface area contributed by atoms with E-state index in [1.807, 2.05) is 5.38 Å². The molecular formula is C10H13BrN2OS. The number of rotatable bonds is 5. The summed E-state index contributed by atoms with van der Waals surface area (Å²) in [5.41, 5.74) is 0. The number of carbonyl (C=O) groups is 1. The maximum Gasteiger partial charge on any atom is 0.234 e. The van der Waals surface area contributed by atoms with Gasteiger partial charge < -0.3 is 10.6 Å². The van der Waals surface area contributed by atoms with Crippen molar-refractivity contribution in [2.24, 2.45) is 0 Å². The van der Waals surface area contributed by atoms with Gasteiger partial charge in [0, 0.05) is 27.3 Å². The van der Waals surface area contributed by atoms with Crippen LogP contribution in [-0.2, 0) is 11.3 Å². The van der Waals surface area contributed by atoms with E-state index in [1.165, 1.54) is 4.88 Å². The van der Waals surface area contributed by atoms with Crippen LogP contribution in [-0.4, -0.2) is 18.5 Å². The third-order valence-electron chi connectivity index (χ3n) is 2.15. The largest absolute Gasteiger partial charge is 0.352 e. The van der Waals surface area contributed by atoms with Gasteiger partial charge in [-0.05, 0) is 34.8 Å². The molecule has 3 nitrogen and oxygen atoms in total. The molecule has 1 aromatic heterocycles. The van der Waals surface area contributed by atoms with Crippen LogP contribution in [0.25, 0.3) is 0 Å². The highest BCUT2D eigenvalue weighted by atomic mass is 79.9. The molecule has 1 fully saturated rings. The van der Waals surface area contributed by atoms with E-state index in [9.17, 15) is 4.79 Å². The Labute approximate surface area is 101 Å². The fraction of sp³-hybridized carbons (Fsp3) is 0.500. The first kappa shape index (κ1) is 11.1. The van der Waals surface area contributed by atoms with Crippen molar-refractivity contribution in [3.05, 3.63) is 20.8 Å². The molecule has 2 N–H and O–H groups in total. The highest BCUT2D eigenvalue weighted by Crippen LogP contribution is 2.19. The second-order valence-corrected chi connectivity index (χ2v) is 5.59. The van der Waals surface area contributed by atoms with Crippen molar-refractivity contribution < 1.29 is 4.79 Å². The number of hydrogen-bond donors (Lipinski definition) is 2. The smallest absolute Gasteiger partial charge is 0.234 e. The normalized spacial score (nSPS) is 15.3. The van der Waals surface area contributed by atoms with E-state index in [-0.39, 0.29) is 5.91 Å². The molecule has 1 saturated carbocycles. The molecule has 0 unspecified atom stereocenters. The van der Waals surface area contributed by atoms with Crippen molar-refractivity contribution in [2.45, 2.75) is 25.4 Å². The van der Waals surface area contributed by atoms with E-state index in [0.717, 1.165) is 23.9 Å². The number of nitrogens with one attached hydrogen (secondary N) is 2. The van der Waals surface area contributed by atoms with Gasteiger partial charge in [0.2, 0.25) is 5.91 Å². The fourth-order valence-electron chi connectivity index (χ4n) is 1.25. The van der Waals surface area contributed by atoms with Crippen molar-refractivity contribution in [1.29, 1.82) is 0 Å². The van der Waals surface area contributed by atoms with Crippen LogP contribution in [0, 0.1) is 0 Å². The molecule has 0 saturated heterocycles. The van der Waals surface area contributed by atoms with Crippen LogP contribution >= 0.6 is 27.3 Å². The summed E-state index contributed by atoms with van der Waals surface area (Å²) >= 11 is 5.08. The van der Waals surface area contributed by atoms with Crippen molar-refractivity contribution in [3.8, 4) is 0 Å². The van der Waals surface area contributed by atoms with E-state index in [4.69, 9.17) is 0 Å². The van der Waals surface area contributed by atoms with Crippen LogP contribution in [0.15, 0.2) is 15.9 Å². The third-order valence-corrected chi connectivity index (χ3v) is 3.85. The number of thiophene rings is 1. The molecule has 1 aliphatic rings. The average Bonchev–Trinajstić information content (AvgIpc) is 2.89. The number of carbonyl (C=O) groups excluding carboxylic acids is 1. The van der Waals surface area contributed by atoms with Gasteiger partial charge in [0.25, 0.3) is 0 Å². The van der Waals surface area contributed by atoms with Crippen LogP contribution in [0.2, 0.25) is 0 Å². The van der Waals surface area contributed by atoms with E-state index in [1.54, 1.807) is 11.3 Å². The molecule has 0 spiro atoms. The van der Waals surface area contributed by atoms with Gasteiger partial charge in [-0.3, -0.25) is 4.79 Å². The first-order valence-corrected chi connectivity index (χ1v) is 6.64. The zero-order valence-corrected chi connectivity index (χ0v) is 10.7. The van der Waals surface area contributed by atoms with Crippen molar-refractivity contribution in [2.75, 3.05) is 6.54 Å². The predicted octanol–water partition coefficient (Wildman–Crippen LogP) is 1.88. The fourth-order valence-corrected chi connectivity index (χ4v) is 2.67. The van der Waals surface area contributed by atoms with Crippen LogP contribution in [0.5, 0.6) is 0 Å². The molecule has 82 valence electrons. The van der Waals surface area contributed by atoms with Crippen LogP contribution in [0.4, 0.5) is 0 Å². The zero-order valence-electron chi connectivity index (χ0n) is 8.25. The molecule has 1 aromatic rings. The Morgan fingerprint density at radius 1 is 1.60 bits per heavy atom. The molecule has 5 heteroatoms.